The molecule has 0 aliphatic rings. The quantitative estimate of drug-likeness (QED) is 0.0906. The van der Waals surface area contributed by atoms with E-state index in [1.165, 1.54) is 0 Å². The van der Waals surface area contributed by atoms with E-state index in [4.69, 9.17) is 18.9 Å². The van der Waals surface area contributed by atoms with Crippen LogP contribution in [0.1, 0.15) is 67.2 Å². The minimum absolute atomic E-state index is 0.176. The summed E-state index contributed by atoms with van der Waals surface area (Å²) in [5.74, 6) is 0.649. The summed E-state index contributed by atoms with van der Waals surface area (Å²) in [4.78, 5) is 23.2. The van der Waals surface area contributed by atoms with Gasteiger partial charge < -0.3 is 23.7 Å². The molecule has 7 heteroatoms. The molecule has 0 saturated carbocycles. The van der Waals surface area contributed by atoms with Crippen molar-refractivity contribution in [3.05, 3.63) is 23.8 Å². The van der Waals surface area contributed by atoms with Crippen LogP contribution >= 0.6 is 11.8 Å². The van der Waals surface area contributed by atoms with E-state index in [1.54, 1.807) is 32.5 Å². The van der Waals surface area contributed by atoms with Crippen LogP contribution in [-0.4, -0.2) is 55.7 Å². The highest BCUT2D eigenvalue weighted by Crippen LogP contribution is 2.21. The second-order valence-corrected chi connectivity index (χ2v) is 8.41. The lowest BCUT2D eigenvalue weighted by Gasteiger charge is -2.29. The zero-order valence-electron chi connectivity index (χ0n) is 20.3. The van der Waals surface area contributed by atoms with E-state index >= 15 is 0 Å². The lowest BCUT2D eigenvalue weighted by molar-refractivity contribution is -0.174. The first-order chi connectivity index (χ1) is 14.7. The number of hydrogen-bond donors (Lipinski definition) is 0. The number of esters is 1. The normalized spacial score (nSPS) is 16.2. The van der Waals surface area contributed by atoms with Crippen LogP contribution in [-0.2, 0) is 28.5 Å². The highest BCUT2D eigenvalue weighted by molar-refractivity contribution is 7.98. The van der Waals surface area contributed by atoms with Crippen molar-refractivity contribution in [1.29, 1.82) is 0 Å². The van der Waals surface area contributed by atoms with Gasteiger partial charge in [0.25, 0.3) is 0 Å². The molecule has 1 unspecified atom stereocenters. The van der Waals surface area contributed by atoms with Crippen LogP contribution in [0, 0.1) is 5.92 Å². The van der Waals surface area contributed by atoms with Gasteiger partial charge in [0, 0.05) is 18.6 Å². The Morgan fingerprint density at radius 3 is 2.32 bits per heavy atom. The van der Waals surface area contributed by atoms with Gasteiger partial charge in [-0.3, -0.25) is 0 Å². The first-order valence-electron chi connectivity index (χ1n) is 11.1. The summed E-state index contributed by atoms with van der Waals surface area (Å²) in [5, 5.41) is 0. The number of ether oxygens (including phenoxy) is 4. The monoisotopic (exact) mass is 458 g/mol. The molecule has 0 aromatic carbocycles. The van der Waals surface area contributed by atoms with Crippen molar-refractivity contribution in [3.8, 4) is 0 Å². The SMILES string of the molecule is CCOC(=O)/C(C)=C/CC/C=C/[C@H](OC(C)OCC)[C@@H](C[C@H](C)CC(C)=O)OCSC. The Hall–Kier alpha value is -1.15. The van der Waals surface area contributed by atoms with Crippen LogP contribution in [0.25, 0.3) is 0 Å². The van der Waals surface area contributed by atoms with Crippen molar-refractivity contribution in [2.24, 2.45) is 5.92 Å². The van der Waals surface area contributed by atoms with Gasteiger partial charge >= 0.3 is 5.97 Å². The topological polar surface area (TPSA) is 71.1 Å². The molecule has 0 amide bonds. The number of unbranched alkanes of at least 4 members (excludes halogenated alkanes) is 1. The molecule has 0 fully saturated rings. The van der Waals surface area contributed by atoms with Gasteiger partial charge in [-0.15, -0.1) is 11.8 Å². The zero-order chi connectivity index (χ0) is 23.6. The van der Waals surface area contributed by atoms with Crippen molar-refractivity contribution in [2.45, 2.75) is 85.7 Å². The maximum atomic E-state index is 11.7. The van der Waals surface area contributed by atoms with Crippen LogP contribution < -0.4 is 0 Å². The fourth-order valence-corrected chi connectivity index (χ4v) is 3.44. The van der Waals surface area contributed by atoms with Gasteiger partial charge in [-0.1, -0.05) is 25.2 Å². The summed E-state index contributed by atoms with van der Waals surface area (Å²) in [5.41, 5.74) is 0.618. The molecule has 0 bridgehead atoms. The zero-order valence-corrected chi connectivity index (χ0v) is 21.2. The molecular formula is C24H42O6S. The Morgan fingerprint density at radius 1 is 1.03 bits per heavy atom. The number of hydrogen-bond acceptors (Lipinski definition) is 7. The highest BCUT2D eigenvalue weighted by atomic mass is 32.2. The van der Waals surface area contributed by atoms with Gasteiger partial charge in [0.05, 0.1) is 18.6 Å². The van der Waals surface area contributed by atoms with Crippen LogP contribution in [0.2, 0.25) is 0 Å². The first kappa shape index (κ1) is 29.9. The number of rotatable bonds is 18. The van der Waals surface area contributed by atoms with Crippen LogP contribution in [0.15, 0.2) is 23.8 Å². The summed E-state index contributed by atoms with van der Waals surface area (Å²) in [6.07, 6.45) is 9.82. The van der Waals surface area contributed by atoms with Gasteiger partial charge in [-0.25, -0.2) is 4.79 Å². The largest absolute Gasteiger partial charge is 0.463 e. The summed E-state index contributed by atoms with van der Waals surface area (Å²) >= 11 is 1.61. The molecule has 0 radical (unpaired) electrons. The average Bonchev–Trinajstić information content (AvgIpc) is 2.69. The minimum atomic E-state index is -0.367. The maximum absolute atomic E-state index is 11.7. The molecule has 0 aromatic rings. The number of ketones is 1. The molecule has 0 aliphatic carbocycles. The fraction of sp³-hybridized carbons (Fsp3) is 0.750. The van der Waals surface area contributed by atoms with E-state index in [0.717, 1.165) is 19.3 Å². The Morgan fingerprint density at radius 2 is 1.74 bits per heavy atom. The van der Waals surface area contributed by atoms with Crippen LogP contribution in [0.4, 0.5) is 0 Å². The van der Waals surface area contributed by atoms with Crippen LogP contribution in [0.3, 0.4) is 0 Å². The lowest BCUT2D eigenvalue weighted by atomic mass is 9.95. The van der Waals surface area contributed by atoms with E-state index in [9.17, 15) is 9.59 Å². The molecule has 31 heavy (non-hydrogen) atoms. The minimum Gasteiger partial charge on any atom is -0.463 e. The molecule has 0 spiro atoms. The Balaban J connectivity index is 5.19. The Bertz CT molecular complexity index is 560. The summed E-state index contributed by atoms with van der Waals surface area (Å²) in [6, 6.07) is 0. The Kier molecular flexibility index (Phi) is 17.7. The number of thioether (sulfide) groups is 1. The third kappa shape index (κ3) is 15.3. The molecule has 0 N–H and O–H groups in total. The average molecular weight is 459 g/mol. The van der Waals surface area contributed by atoms with Crippen molar-refractivity contribution in [1.82, 2.24) is 0 Å². The van der Waals surface area contributed by atoms with E-state index in [-0.39, 0.29) is 36.2 Å². The smallest absolute Gasteiger partial charge is 0.333 e. The Labute approximate surface area is 193 Å². The molecule has 0 heterocycles. The van der Waals surface area contributed by atoms with Crippen LogP contribution in [0.5, 0.6) is 0 Å². The summed E-state index contributed by atoms with van der Waals surface area (Å²) < 4.78 is 22.8. The van der Waals surface area contributed by atoms with E-state index in [0.29, 0.717) is 31.1 Å². The number of allylic oxidation sites excluding steroid dienone is 2. The van der Waals surface area contributed by atoms with Gasteiger partial charge in [0.1, 0.15) is 11.9 Å². The maximum Gasteiger partial charge on any atom is 0.333 e. The molecule has 4 atom stereocenters. The highest BCUT2D eigenvalue weighted by Gasteiger charge is 2.25. The van der Waals surface area contributed by atoms with E-state index in [2.05, 4.69) is 6.92 Å². The van der Waals surface area contributed by atoms with Crippen molar-refractivity contribution in [3.63, 3.8) is 0 Å². The third-order valence-corrected chi connectivity index (χ3v) is 4.87. The molecule has 0 aliphatic heterocycles. The van der Waals surface area contributed by atoms with Gasteiger partial charge in [-0.05, 0) is 66.1 Å². The molecule has 0 saturated heterocycles. The number of Topliss-reactive ketones (excluding diaryl/α,β-unsaturated/α-hetero) is 1. The van der Waals surface area contributed by atoms with Crippen molar-refractivity contribution in [2.75, 3.05) is 25.4 Å². The van der Waals surface area contributed by atoms with Gasteiger partial charge in [0.15, 0.2) is 6.29 Å². The standard InChI is InChI=1S/C24H42O6S/c1-8-27-21(6)30-22(14-12-10-11-13-19(4)24(26)28-9-2)23(29-17-31-7)16-18(3)15-20(5)25/h12-14,18,21-23H,8-11,15-17H2,1-7H3/b14-12+,19-13+/t18-,21?,22+,23-/m1/s1. The van der Waals surface area contributed by atoms with Crippen molar-refractivity contribution >= 4 is 23.5 Å². The summed E-state index contributed by atoms with van der Waals surface area (Å²) in [6.45, 7) is 12.0. The third-order valence-electron chi connectivity index (χ3n) is 4.49. The van der Waals surface area contributed by atoms with Gasteiger partial charge in [0.2, 0.25) is 0 Å². The van der Waals surface area contributed by atoms with E-state index < -0.39 is 0 Å². The van der Waals surface area contributed by atoms with E-state index in [1.807, 2.05) is 38.3 Å². The summed E-state index contributed by atoms with van der Waals surface area (Å²) in [7, 11) is 0. The van der Waals surface area contributed by atoms with Crippen molar-refractivity contribution < 1.29 is 28.5 Å². The molecule has 6 nitrogen and oxygen atoms in total. The van der Waals surface area contributed by atoms with Gasteiger partial charge in [-0.2, -0.15) is 0 Å². The fourth-order valence-electron chi connectivity index (χ4n) is 3.13. The predicted octanol–water partition coefficient (Wildman–Crippen LogP) is 5.31. The first-order valence-corrected chi connectivity index (χ1v) is 12.5. The molecule has 0 aromatic heterocycles. The predicted molar refractivity (Wildman–Crippen MR) is 127 cm³/mol. The molecular weight excluding hydrogens is 416 g/mol. The number of carbonyl (C=O) groups is 2. The molecule has 180 valence electrons. The number of carbonyl (C=O) groups excluding carboxylic acids is 2. The molecule has 0 rings (SSSR count). The second kappa shape index (κ2) is 18.4. The lowest BCUT2D eigenvalue weighted by Crippen LogP contribution is -2.35. The second-order valence-electron chi connectivity index (χ2n) is 7.60.